The third-order valence-electron chi connectivity index (χ3n) is 4.35. The van der Waals surface area contributed by atoms with E-state index >= 15 is 0 Å². The number of primary amides is 1. The molecule has 2 N–H and O–H groups in total. The Hall–Kier alpha value is -2.55. The van der Waals surface area contributed by atoms with Gasteiger partial charge in [-0.25, -0.2) is 15.0 Å². The first kappa shape index (κ1) is 15.0. The number of piperidine rings is 1. The lowest BCUT2D eigenvalue weighted by Gasteiger charge is -2.33. The minimum atomic E-state index is -0.431. The highest BCUT2D eigenvalue weighted by molar-refractivity contribution is 7.16. The number of nitrogens with zero attached hydrogens (tertiary/aromatic N) is 6. The Morgan fingerprint density at radius 1 is 1.38 bits per heavy atom. The van der Waals surface area contributed by atoms with E-state index in [1.165, 1.54) is 11.3 Å². The molecule has 1 fully saturated rings. The van der Waals surface area contributed by atoms with Crippen molar-refractivity contribution in [2.45, 2.75) is 18.8 Å². The lowest BCUT2D eigenvalue weighted by atomic mass is 9.92. The zero-order chi connectivity index (χ0) is 16.7. The van der Waals surface area contributed by atoms with Crippen molar-refractivity contribution in [2.24, 2.45) is 12.8 Å². The van der Waals surface area contributed by atoms with Gasteiger partial charge in [0.2, 0.25) is 0 Å². The van der Waals surface area contributed by atoms with E-state index in [-0.39, 0.29) is 5.92 Å². The van der Waals surface area contributed by atoms with Crippen molar-refractivity contribution >= 4 is 33.4 Å². The molecular formula is C15H17N7OS. The molecule has 0 aromatic carbocycles. The Labute approximate surface area is 142 Å². The maximum Gasteiger partial charge on any atom is 0.252 e. The third-order valence-corrected chi connectivity index (χ3v) is 5.08. The summed E-state index contributed by atoms with van der Waals surface area (Å²) in [6.07, 6.45) is 5.24. The fraction of sp³-hybridized carbons (Fsp3) is 0.400. The maximum absolute atomic E-state index is 11.7. The van der Waals surface area contributed by atoms with Crippen LogP contribution in [0.2, 0.25) is 0 Å². The molecule has 9 heteroatoms. The summed E-state index contributed by atoms with van der Waals surface area (Å²) in [7, 11) is 1.81. The topological polar surface area (TPSA) is 103 Å². The van der Waals surface area contributed by atoms with Crippen LogP contribution in [0.25, 0.3) is 10.3 Å². The quantitative estimate of drug-likeness (QED) is 0.769. The number of aryl methyl sites for hydroxylation is 1. The van der Waals surface area contributed by atoms with Gasteiger partial charge in [0.1, 0.15) is 16.7 Å². The predicted octanol–water partition coefficient (Wildman–Crippen LogP) is 1.30. The van der Waals surface area contributed by atoms with E-state index < -0.39 is 5.91 Å². The highest BCUT2D eigenvalue weighted by Crippen LogP contribution is 2.32. The number of thiazole rings is 1. The molecule has 0 spiro atoms. The summed E-state index contributed by atoms with van der Waals surface area (Å²) in [4.78, 5) is 27.9. The van der Waals surface area contributed by atoms with Crippen LogP contribution >= 0.6 is 11.3 Å². The number of anilines is 1. The molecule has 1 amide bonds. The number of hydrogen-bond acceptors (Lipinski definition) is 7. The average molecular weight is 343 g/mol. The largest absolute Gasteiger partial charge is 0.365 e. The van der Waals surface area contributed by atoms with Gasteiger partial charge in [0, 0.05) is 32.3 Å². The highest BCUT2D eigenvalue weighted by atomic mass is 32.1. The molecule has 1 unspecified atom stereocenters. The summed E-state index contributed by atoms with van der Waals surface area (Å²) in [5.41, 5.74) is 9.41. The molecule has 1 saturated heterocycles. The Bertz CT molecular complexity index is 902. The first-order valence-electron chi connectivity index (χ1n) is 7.76. The van der Waals surface area contributed by atoms with Gasteiger partial charge in [-0.05, 0) is 12.8 Å². The predicted molar refractivity (Wildman–Crippen MR) is 91.1 cm³/mol. The van der Waals surface area contributed by atoms with Crippen LogP contribution in [0.4, 0.5) is 5.82 Å². The molecule has 4 rings (SSSR count). The number of carbonyl (C=O) groups excluding carboxylic acids is 1. The number of nitrogens with two attached hydrogens (primary N) is 1. The molecule has 3 aromatic rings. The van der Waals surface area contributed by atoms with Gasteiger partial charge in [0.25, 0.3) is 5.91 Å². The van der Waals surface area contributed by atoms with Gasteiger partial charge in [-0.3, -0.25) is 9.48 Å². The molecule has 24 heavy (non-hydrogen) atoms. The van der Waals surface area contributed by atoms with Crippen LogP contribution in [0.5, 0.6) is 0 Å². The monoisotopic (exact) mass is 343 g/mol. The zero-order valence-corrected chi connectivity index (χ0v) is 14.0. The van der Waals surface area contributed by atoms with Crippen molar-refractivity contribution in [2.75, 3.05) is 18.0 Å². The smallest absolute Gasteiger partial charge is 0.252 e. The van der Waals surface area contributed by atoms with Crippen LogP contribution in [0.15, 0.2) is 18.0 Å². The van der Waals surface area contributed by atoms with Crippen LogP contribution in [-0.4, -0.2) is 43.7 Å². The Morgan fingerprint density at radius 2 is 2.25 bits per heavy atom. The maximum atomic E-state index is 11.7. The first-order valence-corrected chi connectivity index (χ1v) is 8.64. The van der Waals surface area contributed by atoms with Crippen molar-refractivity contribution in [3.63, 3.8) is 0 Å². The van der Waals surface area contributed by atoms with E-state index in [1.807, 2.05) is 0 Å². The SMILES string of the molecule is Cn1cc(C(N)=O)c(C2CCCN(c3ncnc4scnc34)C2)n1. The number of amides is 1. The fourth-order valence-electron chi connectivity index (χ4n) is 3.30. The van der Waals surface area contributed by atoms with Gasteiger partial charge < -0.3 is 10.6 Å². The van der Waals surface area contributed by atoms with Gasteiger partial charge >= 0.3 is 0 Å². The van der Waals surface area contributed by atoms with Crippen LogP contribution in [0, 0.1) is 0 Å². The van der Waals surface area contributed by atoms with Gasteiger partial charge in [0.05, 0.1) is 16.8 Å². The molecule has 1 atom stereocenters. The second kappa shape index (κ2) is 5.82. The van der Waals surface area contributed by atoms with Crippen LogP contribution in [0.1, 0.15) is 34.8 Å². The van der Waals surface area contributed by atoms with E-state index in [4.69, 9.17) is 5.73 Å². The number of rotatable bonds is 3. The standard InChI is InChI=1S/C15H17N7OS/c1-21-6-10(13(16)23)11(20-21)9-3-2-4-22(5-9)14-12-15(18-7-17-14)24-8-19-12/h6-9H,2-5H2,1H3,(H2,16,23). The van der Waals surface area contributed by atoms with Crippen LogP contribution in [0.3, 0.4) is 0 Å². The minimum absolute atomic E-state index is 0.145. The van der Waals surface area contributed by atoms with Crippen LogP contribution < -0.4 is 10.6 Å². The van der Waals surface area contributed by atoms with Gasteiger partial charge in [-0.15, -0.1) is 11.3 Å². The molecule has 1 aliphatic heterocycles. The summed E-state index contributed by atoms with van der Waals surface area (Å²) in [6, 6.07) is 0. The summed E-state index contributed by atoms with van der Waals surface area (Å²) < 4.78 is 1.65. The summed E-state index contributed by atoms with van der Waals surface area (Å²) >= 11 is 1.51. The van der Waals surface area contributed by atoms with Crippen molar-refractivity contribution in [1.29, 1.82) is 0 Å². The molecule has 1 aliphatic rings. The molecular weight excluding hydrogens is 326 g/mol. The molecule has 0 radical (unpaired) electrons. The van der Waals surface area contributed by atoms with Gasteiger partial charge in [0.15, 0.2) is 5.82 Å². The second-order valence-electron chi connectivity index (χ2n) is 5.95. The van der Waals surface area contributed by atoms with Gasteiger partial charge in [-0.1, -0.05) is 0 Å². The molecule has 3 aromatic heterocycles. The number of fused-ring (bicyclic) bond motifs is 1. The third kappa shape index (κ3) is 2.50. The number of carbonyl (C=O) groups is 1. The van der Waals surface area contributed by atoms with E-state index in [1.54, 1.807) is 29.8 Å². The minimum Gasteiger partial charge on any atom is -0.365 e. The fourth-order valence-corrected chi connectivity index (χ4v) is 3.92. The van der Waals surface area contributed by atoms with E-state index in [2.05, 4.69) is 25.0 Å². The summed E-state index contributed by atoms with van der Waals surface area (Å²) in [5, 5.41) is 4.48. The summed E-state index contributed by atoms with van der Waals surface area (Å²) in [6.45, 7) is 1.64. The second-order valence-corrected chi connectivity index (χ2v) is 6.79. The van der Waals surface area contributed by atoms with Crippen LogP contribution in [-0.2, 0) is 7.05 Å². The Morgan fingerprint density at radius 3 is 3.08 bits per heavy atom. The van der Waals surface area contributed by atoms with Crippen molar-refractivity contribution in [3.05, 3.63) is 29.3 Å². The van der Waals surface area contributed by atoms with Crippen molar-refractivity contribution in [1.82, 2.24) is 24.7 Å². The lowest BCUT2D eigenvalue weighted by Crippen LogP contribution is -2.36. The molecule has 0 aliphatic carbocycles. The first-order chi connectivity index (χ1) is 11.6. The number of aromatic nitrogens is 5. The van der Waals surface area contributed by atoms with E-state index in [0.717, 1.165) is 47.8 Å². The lowest BCUT2D eigenvalue weighted by molar-refractivity contribution is 0.0998. The molecule has 8 nitrogen and oxygen atoms in total. The van der Waals surface area contributed by atoms with E-state index in [0.29, 0.717) is 5.56 Å². The number of hydrogen-bond donors (Lipinski definition) is 1. The summed E-state index contributed by atoms with van der Waals surface area (Å²) in [5.74, 6) is 0.563. The van der Waals surface area contributed by atoms with Crippen molar-refractivity contribution < 1.29 is 4.79 Å². The Balaban J connectivity index is 1.67. The van der Waals surface area contributed by atoms with E-state index in [9.17, 15) is 4.79 Å². The molecule has 4 heterocycles. The average Bonchev–Trinajstić information content (AvgIpc) is 3.21. The van der Waals surface area contributed by atoms with Crippen molar-refractivity contribution in [3.8, 4) is 0 Å². The van der Waals surface area contributed by atoms with Gasteiger partial charge in [-0.2, -0.15) is 5.10 Å². The molecule has 124 valence electrons. The molecule has 0 saturated carbocycles. The zero-order valence-electron chi connectivity index (χ0n) is 13.2. The molecule has 0 bridgehead atoms. The normalized spacial score (nSPS) is 18.2. The Kier molecular flexibility index (Phi) is 3.64. The highest BCUT2D eigenvalue weighted by Gasteiger charge is 2.29.